The molecular weight excluding hydrogens is 229 g/mol. The van der Waals surface area contributed by atoms with Gasteiger partial charge in [0.05, 0.1) is 0 Å². The summed E-state index contributed by atoms with van der Waals surface area (Å²) in [5, 5.41) is 0. The Morgan fingerprint density at radius 2 is 2.11 bits per heavy atom. The van der Waals surface area contributed by atoms with Gasteiger partial charge in [-0.05, 0) is 55.4 Å². The van der Waals surface area contributed by atoms with Crippen LogP contribution in [0.25, 0.3) is 0 Å². The van der Waals surface area contributed by atoms with Crippen molar-refractivity contribution in [1.29, 1.82) is 0 Å². The van der Waals surface area contributed by atoms with Crippen molar-refractivity contribution < 1.29 is 9.13 Å². The smallest absolute Gasteiger partial charge is 0.126 e. The van der Waals surface area contributed by atoms with Gasteiger partial charge in [0, 0.05) is 6.04 Å². The number of benzene rings is 1. The molecule has 1 saturated carbocycles. The van der Waals surface area contributed by atoms with Gasteiger partial charge >= 0.3 is 0 Å². The van der Waals surface area contributed by atoms with Crippen molar-refractivity contribution in [3.8, 4) is 5.75 Å². The minimum atomic E-state index is -0.198. The van der Waals surface area contributed by atoms with Crippen molar-refractivity contribution in [3.63, 3.8) is 0 Å². The van der Waals surface area contributed by atoms with E-state index in [0.29, 0.717) is 11.3 Å². The highest BCUT2D eigenvalue weighted by Crippen LogP contribution is 2.36. The van der Waals surface area contributed by atoms with Crippen molar-refractivity contribution in [3.05, 3.63) is 29.6 Å². The average molecular weight is 251 g/mol. The molecule has 1 aromatic rings. The van der Waals surface area contributed by atoms with Crippen molar-refractivity contribution >= 4 is 0 Å². The first kappa shape index (κ1) is 13.3. The third-order valence-electron chi connectivity index (χ3n) is 4.03. The molecule has 0 aliphatic heterocycles. The molecule has 0 spiro atoms. The number of hydrogen-bond donors (Lipinski definition) is 1. The van der Waals surface area contributed by atoms with Crippen LogP contribution in [0.15, 0.2) is 18.2 Å². The molecule has 1 fully saturated rings. The summed E-state index contributed by atoms with van der Waals surface area (Å²) in [4.78, 5) is 0. The third-order valence-corrected chi connectivity index (χ3v) is 4.03. The summed E-state index contributed by atoms with van der Waals surface area (Å²) in [5.74, 6) is 0.516. The number of nitrogens with two attached hydrogens (primary N) is 1. The molecule has 0 aromatic heterocycles. The molecule has 0 amide bonds. The van der Waals surface area contributed by atoms with E-state index in [1.54, 1.807) is 19.1 Å². The molecule has 1 aliphatic rings. The van der Waals surface area contributed by atoms with Crippen molar-refractivity contribution in [1.82, 2.24) is 0 Å². The molecule has 0 heterocycles. The highest BCUT2D eigenvalue weighted by Gasteiger charge is 2.37. The van der Waals surface area contributed by atoms with Crippen LogP contribution in [0.4, 0.5) is 4.39 Å². The van der Waals surface area contributed by atoms with Gasteiger partial charge in [0.15, 0.2) is 0 Å². The maximum Gasteiger partial charge on any atom is 0.126 e. The third kappa shape index (κ3) is 2.66. The van der Waals surface area contributed by atoms with E-state index in [9.17, 15) is 4.39 Å². The Bertz CT molecular complexity index is 431. The Balaban J connectivity index is 2.11. The van der Waals surface area contributed by atoms with Crippen LogP contribution in [0.2, 0.25) is 0 Å². The lowest BCUT2D eigenvalue weighted by Gasteiger charge is -2.41. The zero-order valence-corrected chi connectivity index (χ0v) is 11.4. The molecular formula is C15H22FNO. The first-order valence-corrected chi connectivity index (χ1v) is 6.58. The van der Waals surface area contributed by atoms with E-state index < -0.39 is 0 Å². The summed E-state index contributed by atoms with van der Waals surface area (Å²) in [6.45, 7) is 6.11. The molecule has 0 bridgehead atoms. The van der Waals surface area contributed by atoms with E-state index in [2.05, 4.69) is 13.8 Å². The van der Waals surface area contributed by atoms with Crippen LogP contribution < -0.4 is 10.5 Å². The molecule has 2 N–H and O–H groups in total. The van der Waals surface area contributed by atoms with Crippen LogP contribution in [-0.4, -0.2) is 12.1 Å². The zero-order chi connectivity index (χ0) is 13.3. The van der Waals surface area contributed by atoms with E-state index in [-0.39, 0.29) is 23.4 Å². The van der Waals surface area contributed by atoms with Gasteiger partial charge in [-0.25, -0.2) is 4.39 Å². The van der Waals surface area contributed by atoms with Crippen molar-refractivity contribution in [2.24, 2.45) is 11.1 Å². The Morgan fingerprint density at radius 3 is 2.78 bits per heavy atom. The molecule has 18 heavy (non-hydrogen) atoms. The predicted molar refractivity (Wildman–Crippen MR) is 71.2 cm³/mol. The molecule has 100 valence electrons. The standard InChI is InChI=1S/C15H22FNO/c1-10-9-11(6-7-12(10)16)18-13-5-4-8-15(2,3)14(13)17/h6-7,9,13-14H,4-5,8,17H2,1-3H3. The summed E-state index contributed by atoms with van der Waals surface area (Å²) >= 11 is 0. The van der Waals surface area contributed by atoms with E-state index in [4.69, 9.17) is 10.5 Å². The molecule has 2 unspecified atom stereocenters. The Hall–Kier alpha value is -1.09. The van der Waals surface area contributed by atoms with Crippen molar-refractivity contribution in [2.75, 3.05) is 0 Å². The molecule has 1 aromatic carbocycles. The Morgan fingerprint density at radius 1 is 1.39 bits per heavy atom. The van der Waals surface area contributed by atoms with E-state index in [1.165, 1.54) is 6.07 Å². The molecule has 1 aliphatic carbocycles. The second-order valence-corrected chi connectivity index (χ2v) is 5.97. The van der Waals surface area contributed by atoms with Crippen LogP contribution >= 0.6 is 0 Å². The number of halogens is 1. The molecule has 0 saturated heterocycles. The first-order valence-electron chi connectivity index (χ1n) is 6.58. The number of hydrogen-bond acceptors (Lipinski definition) is 2. The summed E-state index contributed by atoms with van der Waals surface area (Å²) in [6.07, 6.45) is 3.27. The SMILES string of the molecule is Cc1cc(OC2CCCC(C)(C)C2N)ccc1F. The first-order chi connectivity index (χ1) is 8.40. The van der Waals surface area contributed by atoms with E-state index in [1.807, 2.05) is 0 Å². The second-order valence-electron chi connectivity index (χ2n) is 5.97. The van der Waals surface area contributed by atoms with E-state index >= 15 is 0 Å². The van der Waals surface area contributed by atoms with E-state index in [0.717, 1.165) is 19.3 Å². The van der Waals surface area contributed by atoms with Crippen LogP contribution in [-0.2, 0) is 0 Å². The fourth-order valence-electron chi connectivity index (χ4n) is 2.61. The van der Waals surface area contributed by atoms with Gasteiger partial charge in [-0.3, -0.25) is 0 Å². The van der Waals surface area contributed by atoms with Gasteiger partial charge in [-0.1, -0.05) is 13.8 Å². The zero-order valence-electron chi connectivity index (χ0n) is 11.4. The summed E-state index contributed by atoms with van der Waals surface area (Å²) in [6, 6.07) is 4.89. The van der Waals surface area contributed by atoms with Crippen LogP contribution in [0.1, 0.15) is 38.7 Å². The molecule has 0 radical (unpaired) electrons. The molecule has 2 rings (SSSR count). The van der Waals surface area contributed by atoms with Crippen LogP contribution in [0, 0.1) is 18.2 Å². The molecule has 2 atom stereocenters. The fourth-order valence-corrected chi connectivity index (χ4v) is 2.61. The largest absolute Gasteiger partial charge is 0.489 e. The number of ether oxygens (including phenoxy) is 1. The van der Waals surface area contributed by atoms with Gasteiger partial charge in [0.25, 0.3) is 0 Å². The monoisotopic (exact) mass is 251 g/mol. The summed E-state index contributed by atoms with van der Waals surface area (Å²) in [5.41, 5.74) is 6.99. The van der Waals surface area contributed by atoms with Crippen LogP contribution in [0.5, 0.6) is 5.75 Å². The van der Waals surface area contributed by atoms with Gasteiger partial charge in [0.1, 0.15) is 17.7 Å². The van der Waals surface area contributed by atoms with Crippen molar-refractivity contribution in [2.45, 2.75) is 52.2 Å². The Kier molecular flexibility index (Phi) is 3.62. The van der Waals surface area contributed by atoms with Gasteiger partial charge in [-0.2, -0.15) is 0 Å². The lowest BCUT2D eigenvalue weighted by Crippen LogP contribution is -2.51. The minimum absolute atomic E-state index is 0.0246. The van der Waals surface area contributed by atoms with Crippen LogP contribution in [0.3, 0.4) is 0 Å². The van der Waals surface area contributed by atoms with Gasteiger partial charge in [-0.15, -0.1) is 0 Å². The Labute approximate surface area is 108 Å². The van der Waals surface area contributed by atoms with Gasteiger partial charge < -0.3 is 10.5 Å². The molecule has 2 nitrogen and oxygen atoms in total. The average Bonchev–Trinajstić information content (AvgIpc) is 2.30. The minimum Gasteiger partial charge on any atom is -0.489 e. The predicted octanol–water partition coefficient (Wildman–Crippen LogP) is 3.42. The maximum absolute atomic E-state index is 13.2. The number of aryl methyl sites for hydroxylation is 1. The summed E-state index contributed by atoms with van der Waals surface area (Å²) in [7, 11) is 0. The summed E-state index contributed by atoms with van der Waals surface area (Å²) < 4.78 is 19.1. The fraction of sp³-hybridized carbons (Fsp3) is 0.600. The molecule has 3 heteroatoms. The normalized spacial score (nSPS) is 26.9. The quantitative estimate of drug-likeness (QED) is 0.874. The highest BCUT2D eigenvalue weighted by atomic mass is 19.1. The topological polar surface area (TPSA) is 35.2 Å². The second kappa shape index (κ2) is 4.88. The maximum atomic E-state index is 13.2. The number of rotatable bonds is 2. The lowest BCUT2D eigenvalue weighted by molar-refractivity contribution is 0.0567. The lowest BCUT2D eigenvalue weighted by atomic mass is 9.72. The van der Waals surface area contributed by atoms with Gasteiger partial charge in [0.2, 0.25) is 0 Å². The highest BCUT2D eigenvalue weighted by molar-refractivity contribution is 5.29.